The third-order valence-electron chi connectivity index (χ3n) is 2.29. The van der Waals surface area contributed by atoms with Crippen molar-refractivity contribution in [2.45, 2.75) is 26.3 Å². The number of ketones is 1. The van der Waals surface area contributed by atoms with Crippen molar-refractivity contribution in [1.29, 1.82) is 0 Å². The summed E-state index contributed by atoms with van der Waals surface area (Å²) in [7, 11) is 0. The highest BCUT2D eigenvalue weighted by molar-refractivity contribution is 6.30. The van der Waals surface area contributed by atoms with Gasteiger partial charge in [0.05, 0.1) is 6.04 Å². The number of halogens is 1. The van der Waals surface area contributed by atoms with E-state index < -0.39 is 6.04 Å². The van der Waals surface area contributed by atoms with E-state index in [2.05, 4.69) is 5.32 Å². The molecule has 1 N–H and O–H groups in total. The Bertz CT molecular complexity index is 387. The molecule has 0 heterocycles. The zero-order valence-electron chi connectivity index (χ0n) is 9.29. The smallest absolute Gasteiger partial charge is 0.251 e. The third kappa shape index (κ3) is 3.35. The summed E-state index contributed by atoms with van der Waals surface area (Å²) in [6.45, 7) is 3.45. The lowest BCUT2D eigenvalue weighted by Crippen LogP contribution is -2.38. The highest BCUT2D eigenvalue weighted by atomic mass is 35.5. The normalized spacial score (nSPS) is 11.9. The highest BCUT2D eigenvalue weighted by Crippen LogP contribution is 2.09. The summed E-state index contributed by atoms with van der Waals surface area (Å²) in [6.07, 6.45) is 0.419. The van der Waals surface area contributed by atoms with Gasteiger partial charge in [-0.1, -0.05) is 18.5 Å². The summed E-state index contributed by atoms with van der Waals surface area (Å²) in [5.74, 6) is -0.242. The average Bonchev–Trinajstić information content (AvgIpc) is 2.28. The van der Waals surface area contributed by atoms with Crippen LogP contribution in [0, 0.1) is 0 Å². The van der Waals surface area contributed by atoms with E-state index in [0.29, 0.717) is 17.0 Å². The van der Waals surface area contributed by atoms with Crippen molar-refractivity contribution < 1.29 is 9.59 Å². The Labute approximate surface area is 99.8 Å². The first-order valence-corrected chi connectivity index (χ1v) is 5.51. The van der Waals surface area contributed by atoms with E-state index in [1.54, 1.807) is 38.1 Å². The average molecular weight is 240 g/mol. The van der Waals surface area contributed by atoms with E-state index in [1.165, 1.54) is 0 Å². The Morgan fingerprint density at radius 1 is 1.31 bits per heavy atom. The molecular weight excluding hydrogens is 226 g/mol. The molecule has 3 nitrogen and oxygen atoms in total. The molecule has 1 aromatic carbocycles. The van der Waals surface area contributed by atoms with E-state index >= 15 is 0 Å². The molecule has 0 aliphatic rings. The van der Waals surface area contributed by atoms with E-state index in [4.69, 9.17) is 11.6 Å². The van der Waals surface area contributed by atoms with Crippen molar-refractivity contribution in [3.63, 3.8) is 0 Å². The monoisotopic (exact) mass is 239 g/mol. The fraction of sp³-hybridized carbons (Fsp3) is 0.333. The quantitative estimate of drug-likeness (QED) is 0.877. The Morgan fingerprint density at radius 2 is 1.88 bits per heavy atom. The van der Waals surface area contributed by atoms with Gasteiger partial charge in [-0.2, -0.15) is 0 Å². The fourth-order valence-electron chi connectivity index (χ4n) is 1.27. The first-order valence-electron chi connectivity index (χ1n) is 5.13. The fourth-order valence-corrected chi connectivity index (χ4v) is 1.39. The van der Waals surface area contributed by atoms with Gasteiger partial charge >= 0.3 is 0 Å². The number of hydrogen-bond acceptors (Lipinski definition) is 2. The second kappa shape index (κ2) is 5.66. The predicted octanol–water partition coefficient (Wildman–Crippen LogP) is 2.44. The molecular formula is C12H14ClNO2. The molecule has 1 amide bonds. The summed E-state index contributed by atoms with van der Waals surface area (Å²) < 4.78 is 0. The summed E-state index contributed by atoms with van der Waals surface area (Å²) in [5, 5.41) is 3.21. The summed E-state index contributed by atoms with van der Waals surface area (Å²) in [5.41, 5.74) is 0.500. The number of rotatable bonds is 4. The number of carbonyl (C=O) groups is 2. The van der Waals surface area contributed by atoms with Gasteiger partial charge in [0.25, 0.3) is 5.91 Å². The number of amides is 1. The lowest BCUT2D eigenvalue weighted by Gasteiger charge is -2.11. The summed E-state index contributed by atoms with van der Waals surface area (Å²) in [4.78, 5) is 23.0. The summed E-state index contributed by atoms with van der Waals surface area (Å²) in [6, 6.07) is 6.08. The van der Waals surface area contributed by atoms with E-state index in [-0.39, 0.29) is 11.7 Å². The van der Waals surface area contributed by atoms with Crippen LogP contribution in [0.25, 0.3) is 0 Å². The van der Waals surface area contributed by atoms with Crippen molar-refractivity contribution in [2.24, 2.45) is 0 Å². The lowest BCUT2D eigenvalue weighted by atomic mass is 10.1. The Morgan fingerprint density at radius 3 is 2.38 bits per heavy atom. The zero-order chi connectivity index (χ0) is 12.1. The Balaban J connectivity index is 2.65. The molecule has 0 bridgehead atoms. The van der Waals surface area contributed by atoms with E-state index in [9.17, 15) is 9.59 Å². The third-order valence-corrected chi connectivity index (χ3v) is 2.54. The topological polar surface area (TPSA) is 46.2 Å². The van der Waals surface area contributed by atoms with Gasteiger partial charge in [-0.25, -0.2) is 0 Å². The standard InChI is InChI=1S/C12H14ClNO2/c1-3-11(15)8(2)14-12(16)9-4-6-10(13)7-5-9/h4-8H,3H2,1-2H3,(H,14,16). The van der Waals surface area contributed by atoms with Crippen LogP contribution < -0.4 is 5.32 Å². The van der Waals surface area contributed by atoms with Crippen LogP contribution in [-0.2, 0) is 4.79 Å². The van der Waals surface area contributed by atoms with Gasteiger partial charge < -0.3 is 5.32 Å². The van der Waals surface area contributed by atoms with E-state index in [0.717, 1.165) is 0 Å². The molecule has 1 unspecified atom stereocenters. The highest BCUT2D eigenvalue weighted by Gasteiger charge is 2.14. The predicted molar refractivity (Wildman–Crippen MR) is 63.7 cm³/mol. The SMILES string of the molecule is CCC(=O)C(C)NC(=O)c1ccc(Cl)cc1. The van der Waals surface area contributed by atoms with Crippen molar-refractivity contribution in [2.75, 3.05) is 0 Å². The molecule has 86 valence electrons. The van der Waals surface area contributed by atoms with Crippen LogP contribution in [0.5, 0.6) is 0 Å². The van der Waals surface area contributed by atoms with Gasteiger partial charge in [0.1, 0.15) is 0 Å². The molecule has 1 atom stereocenters. The molecule has 1 aromatic rings. The van der Waals surface area contributed by atoms with Crippen LogP contribution in [0.1, 0.15) is 30.6 Å². The van der Waals surface area contributed by atoms with Gasteiger partial charge in [0, 0.05) is 17.0 Å². The van der Waals surface area contributed by atoms with Gasteiger partial charge in [-0.15, -0.1) is 0 Å². The minimum atomic E-state index is -0.451. The lowest BCUT2D eigenvalue weighted by molar-refractivity contribution is -0.120. The first-order chi connectivity index (χ1) is 7.54. The van der Waals surface area contributed by atoms with Crippen LogP contribution in [0.2, 0.25) is 5.02 Å². The number of hydrogen-bond donors (Lipinski definition) is 1. The Hall–Kier alpha value is -1.35. The van der Waals surface area contributed by atoms with Crippen molar-refractivity contribution >= 4 is 23.3 Å². The van der Waals surface area contributed by atoms with Crippen molar-refractivity contribution in [3.8, 4) is 0 Å². The molecule has 0 fully saturated rings. The zero-order valence-corrected chi connectivity index (χ0v) is 10.0. The molecule has 0 aliphatic heterocycles. The second-order valence-electron chi connectivity index (χ2n) is 3.52. The number of nitrogens with one attached hydrogen (secondary N) is 1. The van der Waals surface area contributed by atoms with Gasteiger partial charge in [-0.05, 0) is 31.2 Å². The maximum Gasteiger partial charge on any atom is 0.251 e. The minimum absolute atomic E-state index is 0.0160. The summed E-state index contributed by atoms with van der Waals surface area (Å²) >= 11 is 5.71. The van der Waals surface area contributed by atoms with E-state index in [1.807, 2.05) is 0 Å². The van der Waals surface area contributed by atoms with Crippen LogP contribution in [0.3, 0.4) is 0 Å². The second-order valence-corrected chi connectivity index (χ2v) is 3.96. The van der Waals surface area contributed by atoms with Crippen LogP contribution in [-0.4, -0.2) is 17.7 Å². The molecule has 16 heavy (non-hydrogen) atoms. The molecule has 1 rings (SSSR count). The van der Waals surface area contributed by atoms with Crippen molar-refractivity contribution in [1.82, 2.24) is 5.32 Å². The van der Waals surface area contributed by atoms with Crippen LogP contribution >= 0.6 is 11.6 Å². The molecule has 0 radical (unpaired) electrons. The van der Waals surface area contributed by atoms with Gasteiger partial charge in [-0.3, -0.25) is 9.59 Å². The molecule has 4 heteroatoms. The van der Waals surface area contributed by atoms with Gasteiger partial charge in [0.2, 0.25) is 0 Å². The number of carbonyl (C=O) groups excluding carboxylic acids is 2. The van der Waals surface area contributed by atoms with Crippen molar-refractivity contribution in [3.05, 3.63) is 34.9 Å². The molecule has 0 spiro atoms. The molecule has 0 saturated heterocycles. The largest absolute Gasteiger partial charge is 0.343 e. The number of benzene rings is 1. The number of Topliss-reactive ketones (excluding diaryl/α,β-unsaturated/α-hetero) is 1. The van der Waals surface area contributed by atoms with Crippen LogP contribution in [0.15, 0.2) is 24.3 Å². The van der Waals surface area contributed by atoms with Gasteiger partial charge in [0.15, 0.2) is 5.78 Å². The maximum absolute atomic E-state index is 11.7. The molecule has 0 saturated carbocycles. The first kappa shape index (κ1) is 12.7. The maximum atomic E-state index is 11.7. The minimum Gasteiger partial charge on any atom is -0.343 e. The molecule has 0 aromatic heterocycles. The van der Waals surface area contributed by atoms with Crippen LogP contribution in [0.4, 0.5) is 0 Å². The molecule has 0 aliphatic carbocycles. The Kier molecular flexibility index (Phi) is 4.50.